The van der Waals surface area contributed by atoms with Gasteiger partial charge in [0.1, 0.15) is 6.26 Å². The molecule has 0 aliphatic rings. The van der Waals surface area contributed by atoms with Crippen molar-refractivity contribution >= 4 is 33.6 Å². The normalized spacial score (nSPS) is 10.3. The number of halogens is 1. The van der Waals surface area contributed by atoms with Gasteiger partial charge in [0.05, 0.1) is 6.61 Å². The van der Waals surface area contributed by atoms with Gasteiger partial charge in [0.2, 0.25) is 0 Å². The lowest BCUT2D eigenvalue weighted by molar-refractivity contribution is 0.0519. The molecule has 0 spiro atoms. The number of nitrogens with zero attached hydrogens (tertiary/aromatic N) is 1. The molecule has 0 saturated carbocycles. The van der Waals surface area contributed by atoms with Crippen LogP contribution in [0.25, 0.3) is 0 Å². The largest absolute Gasteiger partial charge is 0.461 e. The molecule has 0 aliphatic heterocycles. The van der Waals surface area contributed by atoms with E-state index in [1.165, 1.54) is 6.26 Å². The van der Waals surface area contributed by atoms with E-state index in [9.17, 15) is 4.79 Å². The molecule has 1 aromatic heterocycles. The zero-order valence-corrected chi connectivity index (χ0v) is 12.2. The van der Waals surface area contributed by atoms with Gasteiger partial charge in [-0.15, -0.1) is 0 Å². The van der Waals surface area contributed by atoms with Gasteiger partial charge in [-0.1, -0.05) is 15.9 Å². The summed E-state index contributed by atoms with van der Waals surface area (Å²) in [6.45, 7) is 4.00. The number of oxazole rings is 1. The number of hydrogen-bond donors (Lipinski definition) is 1. The molecule has 100 valence electrons. The molecular formula is C13H13BrN2O3. The fourth-order valence-corrected chi connectivity index (χ4v) is 1.99. The molecule has 1 N–H and O–H groups in total. The van der Waals surface area contributed by atoms with E-state index in [0.29, 0.717) is 6.61 Å². The molecule has 0 bridgehead atoms. The molecule has 0 fully saturated rings. The molecular weight excluding hydrogens is 312 g/mol. The number of hydrogen-bond acceptors (Lipinski definition) is 5. The van der Waals surface area contributed by atoms with Crippen molar-refractivity contribution in [3.8, 4) is 0 Å². The quantitative estimate of drug-likeness (QED) is 0.869. The maximum Gasteiger partial charge on any atom is 0.360 e. The Morgan fingerprint density at radius 1 is 1.53 bits per heavy atom. The molecule has 0 radical (unpaired) electrons. The van der Waals surface area contributed by atoms with Gasteiger partial charge in [-0.25, -0.2) is 4.79 Å². The SMILES string of the molecule is CCOC(=O)c1coc(Nc2ccc(Br)cc2C)n1. The van der Waals surface area contributed by atoms with Crippen LogP contribution in [-0.4, -0.2) is 17.6 Å². The number of ether oxygens (including phenoxy) is 1. The van der Waals surface area contributed by atoms with Gasteiger partial charge in [-0.3, -0.25) is 0 Å². The van der Waals surface area contributed by atoms with Crippen LogP contribution in [0, 0.1) is 6.92 Å². The third-order valence-electron chi connectivity index (χ3n) is 2.42. The molecule has 1 aromatic carbocycles. The van der Waals surface area contributed by atoms with Gasteiger partial charge < -0.3 is 14.5 Å². The first kappa shape index (κ1) is 13.6. The lowest BCUT2D eigenvalue weighted by atomic mass is 10.2. The van der Waals surface area contributed by atoms with Gasteiger partial charge >= 0.3 is 5.97 Å². The first-order valence-electron chi connectivity index (χ1n) is 5.76. The number of rotatable bonds is 4. The monoisotopic (exact) mass is 324 g/mol. The average molecular weight is 325 g/mol. The molecule has 0 saturated heterocycles. The second kappa shape index (κ2) is 5.88. The zero-order chi connectivity index (χ0) is 13.8. The second-order valence-electron chi connectivity index (χ2n) is 3.84. The van der Waals surface area contributed by atoms with E-state index >= 15 is 0 Å². The summed E-state index contributed by atoms with van der Waals surface area (Å²) in [4.78, 5) is 15.5. The van der Waals surface area contributed by atoms with E-state index in [-0.39, 0.29) is 11.7 Å². The molecule has 2 rings (SSSR count). The van der Waals surface area contributed by atoms with Crippen molar-refractivity contribution in [2.24, 2.45) is 0 Å². The van der Waals surface area contributed by atoms with E-state index < -0.39 is 5.97 Å². The summed E-state index contributed by atoms with van der Waals surface area (Å²) in [5, 5.41) is 3.01. The van der Waals surface area contributed by atoms with Crippen LogP contribution in [0.5, 0.6) is 0 Å². The number of benzene rings is 1. The molecule has 5 nitrogen and oxygen atoms in total. The predicted molar refractivity (Wildman–Crippen MR) is 74.6 cm³/mol. The van der Waals surface area contributed by atoms with E-state index in [0.717, 1.165) is 15.7 Å². The molecule has 0 unspecified atom stereocenters. The minimum Gasteiger partial charge on any atom is -0.461 e. The number of aromatic nitrogens is 1. The lowest BCUT2D eigenvalue weighted by Gasteiger charge is -2.05. The molecule has 0 aliphatic carbocycles. The third-order valence-corrected chi connectivity index (χ3v) is 2.91. The first-order chi connectivity index (χ1) is 9.10. The summed E-state index contributed by atoms with van der Waals surface area (Å²) in [5.41, 5.74) is 2.05. The molecule has 6 heteroatoms. The van der Waals surface area contributed by atoms with Crippen molar-refractivity contribution in [3.63, 3.8) is 0 Å². The smallest absolute Gasteiger partial charge is 0.360 e. The predicted octanol–water partition coefficient (Wildman–Crippen LogP) is 3.67. The van der Waals surface area contributed by atoms with Crippen molar-refractivity contribution in [2.75, 3.05) is 11.9 Å². The van der Waals surface area contributed by atoms with Crippen LogP contribution < -0.4 is 5.32 Å². The Morgan fingerprint density at radius 3 is 3.00 bits per heavy atom. The lowest BCUT2D eigenvalue weighted by Crippen LogP contribution is -2.05. The highest BCUT2D eigenvalue weighted by molar-refractivity contribution is 9.10. The topological polar surface area (TPSA) is 64.4 Å². The minimum atomic E-state index is -0.494. The van der Waals surface area contributed by atoms with Gasteiger partial charge in [0.15, 0.2) is 5.69 Å². The number of anilines is 2. The van der Waals surface area contributed by atoms with E-state index in [2.05, 4.69) is 26.2 Å². The van der Waals surface area contributed by atoms with Crippen molar-refractivity contribution in [1.82, 2.24) is 4.98 Å². The van der Waals surface area contributed by atoms with Crippen molar-refractivity contribution < 1.29 is 13.9 Å². The fraction of sp³-hybridized carbons (Fsp3) is 0.231. The average Bonchev–Trinajstić information content (AvgIpc) is 2.82. The molecule has 1 heterocycles. The van der Waals surface area contributed by atoms with Gasteiger partial charge in [-0.05, 0) is 37.6 Å². The maximum atomic E-state index is 11.4. The highest BCUT2D eigenvalue weighted by Gasteiger charge is 2.13. The van der Waals surface area contributed by atoms with E-state index in [4.69, 9.17) is 9.15 Å². The molecule has 0 amide bonds. The Morgan fingerprint density at radius 2 is 2.32 bits per heavy atom. The Hall–Kier alpha value is -1.82. The van der Waals surface area contributed by atoms with E-state index in [1.54, 1.807) is 6.92 Å². The number of carbonyl (C=O) groups excluding carboxylic acids is 1. The summed E-state index contributed by atoms with van der Waals surface area (Å²) in [5.74, 6) is -0.494. The first-order valence-corrected chi connectivity index (χ1v) is 6.55. The third kappa shape index (κ3) is 3.35. The summed E-state index contributed by atoms with van der Waals surface area (Å²) in [6.07, 6.45) is 1.27. The Kier molecular flexibility index (Phi) is 4.21. The molecule has 19 heavy (non-hydrogen) atoms. The van der Waals surface area contributed by atoms with Crippen LogP contribution in [0.4, 0.5) is 11.7 Å². The minimum absolute atomic E-state index is 0.152. The number of nitrogens with one attached hydrogen (secondary N) is 1. The summed E-state index contributed by atoms with van der Waals surface area (Å²) in [7, 11) is 0. The summed E-state index contributed by atoms with van der Waals surface area (Å²) < 4.78 is 11.0. The zero-order valence-electron chi connectivity index (χ0n) is 10.6. The fourth-order valence-electron chi connectivity index (χ4n) is 1.51. The van der Waals surface area contributed by atoms with Gasteiger partial charge in [0.25, 0.3) is 6.01 Å². The maximum absolute atomic E-state index is 11.4. The second-order valence-corrected chi connectivity index (χ2v) is 4.76. The van der Waals surface area contributed by atoms with Crippen LogP contribution in [-0.2, 0) is 4.74 Å². The van der Waals surface area contributed by atoms with Crippen LogP contribution >= 0.6 is 15.9 Å². The van der Waals surface area contributed by atoms with Crippen molar-refractivity contribution in [3.05, 3.63) is 40.2 Å². The Balaban J connectivity index is 2.13. The van der Waals surface area contributed by atoms with Crippen molar-refractivity contribution in [2.45, 2.75) is 13.8 Å². The van der Waals surface area contributed by atoms with Gasteiger partial charge in [0, 0.05) is 10.2 Å². The summed E-state index contributed by atoms with van der Waals surface area (Å²) in [6, 6.07) is 6.03. The number of esters is 1. The summed E-state index contributed by atoms with van der Waals surface area (Å²) >= 11 is 3.39. The van der Waals surface area contributed by atoms with Crippen LogP contribution in [0.15, 0.2) is 33.4 Å². The number of aryl methyl sites for hydroxylation is 1. The van der Waals surface area contributed by atoms with Crippen LogP contribution in [0.3, 0.4) is 0 Å². The highest BCUT2D eigenvalue weighted by atomic mass is 79.9. The Bertz CT molecular complexity index is 595. The van der Waals surface area contributed by atoms with Crippen LogP contribution in [0.2, 0.25) is 0 Å². The highest BCUT2D eigenvalue weighted by Crippen LogP contribution is 2.23. The van der Waals surface area contributed by atoms with Crippen molar-refractivity contribution in [1.29, 1.82) is 0 Å². The number of carbonyl (C=O) groups is 1. The van der Waals surface area contributed by atoms with Gasteiger partial charge in [-0.2, -0.15) is 4.98 Å². The van der Waals surface area contributed by atoms with Crippen LogP contribution in [0.1, 0.15) is 23.0 Å². The van der Waals surface area contributed by atoms with E-state index in [1.807, 2.05) is 25.1 Å². The molecule has 2 aromatic rings. The molecule has 0 atom stereocenters. The standard InChI is InChI=1S/C13H13BrN2O3/c1-3-18-12(17)11-7-19-13(16-11)15-10-5-4-9(14)6-8(10)2/h4-7H,3H2,1-2H3,(H,15,16). The Labute approximate surface area is 119 Å².